The molecule has 0 atom stereocenters. The Bertz CT molecular complexity index is 1230. The van der Waals surface area contributed by atoms with Crippen LogP contribution in [0.15, 0.2) is 56.2 Å². The predicted octanol–water partition coefficient (Wildman–Crippen LogP) is 5.71. The van der Waals surface area contributed by atoms with Crippen LogP contribution in [0.25, 0.3) is 11.0 Å². The number of para-hydroxylation sites is 1. The molecule has 1 amide bonds. The fourth-order valence-electron chi connectivity index (χ4n) is 4.13. The number of nitrogens with zero attached hydrogens (tertiary/aromatic N) is 1. The Morgan fingerprint density at radius 1 is 1.13 bits per heavy atom. The summed E-state index contributed by atoms with van der Waals surface area (Å²) in [6.45, 7) is 1.77. The normalized spacial score (nSPS) is 15.5. The van der Waals surface area contributed by atoms with Crippen molar-refractivity contribution in [2.24, 2.45) is 0 Å². The molecule has 0 aliphatic heterocycles. The van der Waals surface area contributed by atoms with E-state index in [0.717, 1.165) is 36.6 Å². The Kier molecular flexibility index (Phi) is 6.23. The second-order valence-corrected chi connectivity index (χ2v) is 10.8. The third-order valence-corrected chi connectivity index (χ3v) is 8.60. The largest absolute Gasteiger partial charge is 0.451 e. The Morgan fingerprint density at radius 3 is 2.55 bits per heavy atom. The summed E-state index contributed by atoms with van der Waals surface area (Å²) in [4.78, 5) is 13.0. The minimum atomic E-state index is -3.63. The van der Waals surface area contributed by atoms with Gasteiger partial charge in [0, 0.05) is 28.5 Å². The zero-order chi connectivity index (χ0) is 22.2. The first-order valence-electron chi connectivity index (χ1n) is 10.4. The van der Waals surface area contributed by atoms with Crippen molar-refractivity contribution in [3.8, 4) is 0 Å². The Hall–Kier alpha value is -2.16. The van der Waals surface area contributed by atoms with Gasteiger partial charge in [0.15, 0.2) is 5.76 Å². The molecular weight excluding hydrogens is 480 g/mol. The highest BCUT2D eigenvalue weighted by molar-refractivity contribution is 9.10. The molecule has 0 radical (unpaired) electrons. The smallest absolute Gasteiger partial charge is 0.291 e. The van der Waals surface area contributed by atoms with E-state index in [1.54, 1.807) is 38.2 Å². The third-order valence-electron chi connectivity index (χ3n) is 6.00. The molecule has 8 heteroatoms. The summed E-state index contributed by atoms with van der Waals surface area (Å²) in [6, 6.07) is 12.1. The van der Waals surface area contributed by atoms with E-state index in [9.17, 15) is 13.2 Å². The summed E-state index contributed by atoms with van der Waals surface area (Å²) in [5, 5.41) is 3.45. The summed E-state index contributed by atoms with van der Waals surface area (Å²) in [7, 11) is -1.97. The predicted molar refractivity (Wildman–Crippen MR) is 125 cm³/mol. The van der Waals surface area contributed by atoms with Gasteiger partial charge in [-0.3, -0.25) is 4.79 Å². The van der Waals surface area contributed by atoms with Crippen LogP contribution in [0, 0.1) is 6.92 Å². The number of nitrogens with one attached hydrogen (secondary N) is 1. The molecule has 164 valence electrons. The first-order chi connectivity index (χ1) is 14.8. The topological polar surface area (TPSA) is 79.6 Å². The van der Waals surface area contributed by atoms with Crippen LogP contribution in [-0.4, -0.2) is 31.7 Å². The van der Waals surface area contributed by atoms with Crippen molar-refractivity contribution in [1.29, 1.82) is 0 Å². The fraction of sp³-hybridized carbons (Fsp3) is 0.348. The van der Waals surface area contributed by atoms with Gasteiger partial charge in [0.1, 0.15) is 5.58 Å². The van der Waals surface area contributed by atoms with Crippen LogP contribution >= 0.6 is 15.9 Å². The molecule has 0 unspecified atom stereocenters. The van der Waals surface area contributed by atoms with Gasteiger partial charge in [-0.2, -0.15) is 4.31 Å². The molecule has 1 aliphatic rings. The van der Waals surface area contributed by atoms with E-state index in [1.807, 2.05) is 18.2 Å². The van der Waals surface area contributed by atoms with Gasteiger partial charge in [-0.1, -0.05) is 31.4 Å². The lowest BCUT2D eigenvalue weighted by Gasteiger charge is -2.30. The zero-order valence-corrected chi connectivity index (χ0v) is 19.9. The SMILES string of the molecule is Cc1c(C(=O)Nc2ccccc2Br)oc2ccc(S(=O)(=O)N(C)C3CCCCC3)cc12. The van der Waals surface area contributed by atoms with Crippen LogP contribution in [0.1, 0.15) is 48.2 Å². The van der Waals surface area contributed by atoms with Crippen LogP contribution in [0.2, 0.25) is 0 Å². The van der Waals surface area contributed by atoms with Crippen LogP contribution in [0.5, 0.6) is 0 Å². The molecule has 1 fully saturated rings. The van der Waals surface area contributed by atoms with Crippen molar-refractivity contribution in [2.75, 3.05) is 12.4 Å². The fourth-order valence-corrected chi connectivity index (χ4v) is 5.95. The molecule has 0 saturated heterocycles. The second kappa shape index (κ2) is 8.76. The standard InChI is InChI=1S/C23H25BrN2O4S/c1-15-18-14-17(31(28,29)26(2)16-8-4-3-5-9-16)12-13-21(18)30-22(15)23(27)25-20-11-7-6-10-19(20)24/h6-7,10-14,16H,3-5,8-9H2,1-2H3,(H,25,27). The summed E-state index contributed by atoms with van der Waals surface area (Å²) >= 11 is 3.41. The molecule has 1 saturated carbocycles. The van der Waals surface area contributed by atoms with Crippen LogP contribution in [0.4, 0.5) is 5.69 Å². The number of anilines is 1. The highest BCUT2D eigenvalue weighted by atomic mass is 79.9. The van der Waals surface area contributed by atoms with Crippen molar-refractivity contribution < 1.29 is 17.6 Å². The molecule has 4 rings (SSSR count). The Labute approximate surface area is 190 Å². The minimum Gasteiger partial charge on any atom is -0.451 e. The number of carbonyl (C=O) groups is 1. The van der Waals surface area contributed by atoms with Crippen molar-refractivity contribution in [1.82, 2.24) is 4.31 Å². The molecular formula is C23H25BrN2O4S. The highest BCUT2D eigenvalue weighted by Gasteiger charge is 2.30. The molecule has 6 nitrogen and oxygen atoms in total. The van der Waals surface area contributed by atoms with Crippen LogP contribution in [0.3, 0.4) is 0 Å². The third kappa shape index (κ3) is 4.29. The molecule has 1 N–H and O–H groups in total. The van der Waals surface area contributed by atoms with E-state index in [4.69, 9.17) is 4.42 Å². The summed E-state index contributed by atoms with van der Waals surface area (Å²) in [5.41, 5.74) is 1.72. The van der Waals surface area contributed by atoms with Crippen LogP contribution < -0.4 is 5.32 Å². The number of carbonyl (C=O) groups excluding carboxylic acids is 1. The van der Waals surface area contributed by atoms with Gasteiger partial charge in [0.05, 0.1) is 10.6 Å². The molecule has 0 spiro atoms. The maximum Gasteiger partial charge on any atom is 0.291 e. The zero-order valence-electron chi connectivity index (χ0n) is 17.5. The molecule has 1 aromatic heterocycles. The average molecular weight is 505 g/mol. The number of furan rings is 1. The Morgan fingerprint density at radius 2 is 1.84 bits per heavy atom. The lowest BCUT2D eigenvalue weighted by atomic mass is 9.96. The summed E-state index contributed by atoms with van der Waals surface area (Å²) in [5.74, 6) is -0.217. The Balaban J connectivity index is 1.65. The quantitative estimate of drug-likeness (QED) is 0.482. The van der Waals surface area contributed by atoms with Gasteiger partial charge in [-0.25, -0.2) is 8.42 Å². The average Bonchev–Trinajstić information content (AvgIpc) is 3.11. The molecule has 1 heterocycles. The van der Waals surface area contributed by atoms with Gasteiger partial charge >= 0.3 is 0 Å². The van der Waals surface area contributed by atoms with E-state index in [1.165, 1.54) is 4.31 Å². The van der Waals surface area contributed by atoms with Gasteiger partial charge in [-0.05, 0) is 66.0 Å². The number of benzene rings is 2. The van der Waals surface area contributed by atoms with Crippen LogP contribution in [-0.2, 0) is 10.0 Å². The monoisotopic (exact) mass is 504 g/mol. The van der Waals surface area contributed by atoms with Gasteiger partial charge < -0.3 is 9.73 Å². The lowest BCUT2D eigenvalue weighted by molar-refractivity contribution is 0.0998. The number of fused-ring (bicyclic) bond motifs is 1. The maximum absolute atomic E-state index is 13.2. The molecule has 1 aliphatic carbocycles. The van der Waals surface area contributed by atoms with Gasteiger partial charge in [0.2, 0.25) is 10.0 Å². The number of rotatable bonds is 5. The molecule has 31 heavy (non-hydrogen) atoms. The minimum absolute atomic E-state index is 0.0329. The van der Waals surface area contributed by atoms with E-state index >= 15 is 0 Å². The number of sulfonamides is 1. The van der Waals surface area contributed by atoms with Crippen molar-refractivity contribution in [2.45, 2.75) is 50.0 Å². The number of amides is 1. The van der Waals surface area contributed by atoms with Crippen molar-refractivity contribution in [3.05, 3.63) is 58.3 Å². The van der Waals surface area contributed by atoms with Gasteiger partial charge in [0.25, 0.3) is 5.91 Å². The van der Waals surface area contributed by atoms with E-state index < -0.39 is 10.0 Å². The first kappa shape index (κ1) is 22.0. The maximum atomic E-state index is 13.2. The number of aryl methyl sites for hydroxylation is 1. The van der Waals surface area contributed by atoms with E-state index in [0.29, 0.717) is 22.2 Å². The van der Waals surface area contributed by atoms with Gasteiger partial charge in [-0.15, -0.1) is 0 Å². The molecule has 2 aromatic carbocycles. The highest BCUT2D eigenvalue weighted by Crippen LogP contribution is 2.32. The first-order valence-corrected chi connectivity index (χ1v) is 12.6. The van der Waals surface area contributed by atoms with Crippen molar-refractivity contribution >= 4 is 48.5 Å². The summed E-state index contributed by atoms with van der Waals surface area (Å²) < 4.78 is 34.5. The number of halogens is 1. The molecule has 3 aromatic rings. The number of hydrogen-bond acceptors (Lipinski definition) is 4. The lowest BCUT2D eigenvalue weighted by Crippen LogP contribution is -2.38. The summed E-state index contributed by atoms with van der Waals surface area (Å²) in [6.07, 6.45) is 5.06. The van der Waals surface area contributed by atoms with E-state index in [2.05, 4.69) is 21.2 Å². The van der Waals surface area contributed by atoms with Crippen molar-refractivity contribution in [3.63, 3.8) is 0 Å². The van der Waals surface area contributed by atoms with E-state index in [-0.39, 0.29) is 22.6 Å². The second-order valence-electron chi connectivity index (χ2n) is 7.96. The number of hydrogen-bond donors (Lipinski definition) is 1. The molecule has 0 bridgehead atoms.